The summed E-state index contributed by atoms with van der Waals surface area (Å²) >= 11 is 5.83. The van der Waals surface area contributed by atoms with E-state index in [2.05, 4.69) is 10.6 Å². The van der Waals surface area contributed by atoms with Crippen LogP contribution in [-0.2, 0) is 0 Å². The van der Waals surface area contributed by atoms with E-state index in [0.29, 0.717) is 5.02 Å². The zero-order valence-electron chi connectivity index (χ0n) is 9.80. The van der Waals surface area contributed by atoms with E-state index in [1.807, 2.05) is 26.8 Å². The molecule has 16 heavy (non-hydrogen) atoms. The quantitative estimate of drug-likeness (QED) is 0.833. The van der Waals surface area contributed by atoms with Crippen molar-refractivity contribution in [1.82, 2.24) is 5.32 Å². The van der Waals surface area contributed by atoms with Gasteiger partial charge in [0.15, 0.2) is 0 Å². The predicted molar refractivity (Wildman–Crippen MR) is 68.1 cm³/mol. The molecule has 1 unspecified atom stereocenters. The van der Waals surface area contributed by atoms with Gasteiger partial charge in [-0.2, -0.15) is 0 Å². The molecule has 0 aromatic heterocycles. The second-order valence-electron chi connectivity index (χ2n) is 3.87. The van der Waals surface area contributed by atoms with Crippen molar-refractivity contribution < 1.29 is 4.79 Å². The topological polar surface area (TPSA) is 41.1 Å². The number of amides is 2. The van der Waals surface area contributed by atoms with Crippen LogP contribution < -0.4 is 10.6 Å². The lowest BCUT2D eigenvalue weighted by Crippen LogP contribution is -2.35. The highest BCUT2D eigenvalue weighted by molar-refractivity contribution is 6.30. The number of rotatable bonds is 3. The molecule has 0 saturated heterocycles. The van der Waals surface area contributed by atoms with E-state index in [-0.39, 0.29) is 12.1 Å². The van der Waals surface area contributed by atoms with Crippen molar-refractivity contribution in [3.8, 4) is 0 Å². The summed E-state index contributed by atoms with van der Waals surface area (Å²) in [7, 11) is 0. The molecule has 0 fully saturated rings. The molecular weight excluding hydrogens is 224 g/mol. The van der Waals surface area contributed by atoms with Gasteiger partial charge in [-0.15, -0.1) is 0 Å². The van der Waals surface area contributed by atoms with Crippen LogP contribution in [0.5, 0.6) is 0 Å². The van der Waals surface area contributed by atoms with E-state index in [4.69, 9.17) is 11.6 Å². The smallest absolute Gasteiger partial charge is 0.319 e. The van der Waals surface area contributed by atoms with Crippen molar-refractivity contribution in [3.63, 3.8) is 0 Å². The highest BCUT2D eigenvalue weighted by Gasteiger charge is 2.06. The first-order valence-corrected chi connectivity index (χ1v) is 5.74. The van der Waals surface area contributed by atoms with Crippen LogP contribution in [0.25, 0.3) is 0 Å². The summed E-state index contributed by atoms with van der Waals surface area (Å²) in [5.41, 5.74) is 1.73. The van der Waals surface area contributed by atoms with Gasteiger partial charge in [0.1, 0.15) is 0 Å². The van der Waals surface area contributed by atoms with Crippen LogP contribution in [0.1, 0.15) is 25.8 Å². The molecule has 3 nitrogen and oxygen atoms in total. The van der Waals surface area contributed by atoms with Gasteiger partial charge in [0.05, 0.1) is 0 Å². The highest BCUT2D eigenvalue weighted by Crippen LogP contribution is 2.19. The molecule has 1 aromatic carbocycles. The van der Waals surface area contributed by atoms with Gasteiger partial charge < -0.3 is 10.6 Å². The molecule has 0 aliphatic heterocycles. The number of halogens is 1. The third-order valence-electron chi connectivity index (χ3n) is 2.43. The molecule has 2 N–H and O–H groups in total. The van der Waals surface area contributed by atoms with Crippen LogP contribution >= 0.6 is 11.6 Å². The number of benzene rings is 1. The van der Waals surface area contributed by atoms with Gasteiger partial charge in [0.25, 0.3) is 0 Å². The summed E-state index contributed by atoms with van der Waals surface area (Å²) < 4.78 is 0. The number of aryl methyl sites for hydroxylation is 1. The molecule has 0 saturated carbocycles. The van der Waals surface area contributed by atoms with E-state index < -0.39 is 0 Å². The minimum Gasteiger partial charge on any atom is -0.335 e. The molecular formula is C12H17ClN2O. The lowest BCUT2D eigenvalue weighted by molar-refractivity contribution is 0.249. The molecule has 4 heteroatoms. The Kier molecular flexibility index (Phi) is 4.62. The molecule has 1 atom stereocenters. The molecule has 2 amide bonds. The Morgan fingerprint density at radius 2 is 2.19 bits per heavy atom. The predicted octanol–water partition coefficient (Wildman–Crippen LogP) is 3.57. The number of urea groups is 1. The van der Waals surface area contributed by atoms with Crippen LogP contribution in [0.15, 0.2) is 18.2 Å². The van der Waals surface area contributed by atoms with Crippen LogP contribution in [0.4, 0.5) is 10.5 Å². The third-order valence-corrected chi connectivity index (χ3v) is 2.66. The minimum atomic E-state index is -0.181. The van der Waals surface area contributed by atoms with Gasteiger partial charge in [-0.25, -0.2) is 4.79 Å². The summed E-state index contributed by atoms with van der Waals surface area (Å²) in [5.74, 6) is 0. The number of carbonyl (C=O) groups is 1. The van der Waals surface area contributed by atoms with E-state index in [1.165, 1.54) is 0 Å². The Balaban J connectivity index is 2.63. The average molecular weight is 241 g/mol. The fraction of sp³-hybridized carbons (Fsp3) is 0.417. The van der Waals surface area contributed by atoms with E-state index in [0.717, 1.165) is 17.7 Å². The summed E-state index contributed by atoms with van der Waals surface area (Å²) in [4.78, 5) is 11.6. The molecule has 0 aliphatic carbocycles. The Morgan fingerprint density at radius 1 is 1.50 bits per heavy atom. The van der Waals surface area contributed by atoms with E-state index in [1.54, 1.807) is 12.1 Å². The van der Waals surface area contributed by atoms with Crippen molar-refractivity contribution >= 4 is 23.3 Å². The minimum absolute atomic E-state index is 0.174. The Morgan fingerprint density at radius 3 is 2.75 bits per heavy atom. The normalized spacial score (nSPS) is 12.0. The Labute approximate surface area is 101 Å². The first-order valence-electron chi connectivity index (χ1n) is 5.36. The van der Waals surface area contributed by atoms with Crippen molar-refractivity contribution in [2.45, 2.75) is 33.2 Å². The van der Waals surface area contributed by atoms with E-state index in [9.17, 15) is 4.79 Å². The first-order chi connectivity index (χ1) is 7.52. The maximum atomic E-state index is 11.6. The molecule has 88 valence electrons. The summed E-state index contributed by atoms with van der Waals surface area (Å²) in [5, 5.41) is 6.30. The van der Waals surface area contributed by atoms with Crippen molar-refractivity contribution in [2.75, 3.05) is 5.32 Å². The summed E-state index contributed by atoms with van der Waals surface area (Å²) in [6, 6.07) is 5.37. The number of hydrogen-bond acceptors (Lipinski definition) is 1. The van der Waals surface area contributed by atoms with E-state index >= 15 is 0 Å². The summed E-state index contributed by atoms with van der Waals surface area (Å²) in [6.07, 6.45) is 0.910. The SMILES string of the molecule is CCC(C)NC(=O)Nc1ccc(Cl)cc1C. The second-order valence-corrected chi connectivity index (χ2v) is 4.30. The standard InChI is InChI=1S/C12H17ClN2O/c1-4-9(3)14-12(16)15-11-6-5-10(13)7-8(11)2/h5-7,9H,4H2,1-3H3,(H2,14,15,16). The lowest BCUT2D eigenvalue weighted by atomic mass is 10.2. The first kappa shape index (κ1) is 12.8. The largest absolute Gasteiger partial charge is 0.335 e. The zero-order chi connectivity index (χ0) is 12.1. The van der Waals surface area contributed by atoms with Crippen molar-refractivity contribution in [1.29, 1.82) is 0 Å². The number of nitrogens with one attached hydrogen (secondary N) is 2. The molecule has 0 aliphatic rings. The monoisotopic (exact) mass is 240 g/mol. The van der Waals surface area contributed by atoms with Crippen LogP contribution in [0.3, 0.4) is 0 Å². The van der Waals surface area contributed by atoms with Gasteiger partial charge in [0.2, 0.25) is 0 Å². The van der Waals surface area contributed by atoms with Crippen molar-refractivity contribution in [2.24, 2.45) is 0 Å². The zero-order valence-corrected chi connectivity index (χ0v) is 10.6. The lowest BCUT2D eigenvalue weighted by Gasteiger charge is -2.13. The fourth-order valence-corrected chi connectivity index (χ4v) is 1.48. The molecule has 1 aromatic rings. The number of anilines is 1. The summed E-state index contributed by atoms with van der Waals surface area (Å²) in [6.45, 7) is 5.90. The van der Waals surface area contributed by atoms with Crippen LogP contribution in [0.2, 0.25) is 5.02 Å². The van der Waals surface area contributed by atoms with Gasteiger partial charge >= 0.3 is 6.03 Å². The molecule has 0 heterocycles. The average Bonchev–Trinajstić information content (AvgIpc) is 2.22. The molecule has 1 rings (SSSR count). The molecule has 0 bridgehead atoms. The second kappa shape index (κ2) is 5.75. The van der Waals surface area contributed by atoms with Gasteiger partial charge in [0, 0.05) is 16.8 Å². The highest BCUT2D eigenvalue weighted by atomic mass is 35.5. The maximum Gasteiger partial charge on any atom is 0.319 e. The van der Waals surface area contributed by atoms with Crippen LogP contribution in [-0.4, -0.2) is 12.1 Å². The Hall–Kier alpha value is -1.22. The Bertz CT molecular complexity index is 379. The maximum absolute atomic E-state index is 11.6. The van der Waals surface area contributed by atoms with Crippen molar-refractivity contribution in [3.05, 3.63) is 28.8 Å². The molecule has 0 radical (unpaired) electrons. The van der Waals surface area contributed by atoms with Crippen LogP contribution in [0, 0.1) is 6.92 Å². The van der Waals surface area contributed by atoms with Gasteiger partial charge in [-0.1, -0.05) is 18.5 Å². The van der Waals surface area contributed by atoms with Gasteiger partial charge in [-0.3, -0.25) is 0 Å². The fourth-order valence-electron chi connectivity index (χ4n) is 1.25. The number of hydrogen-bond donors (Lipinski definition) is 2. The third kappa shape index (κ3) is 3.74. The van der Waals surface area contributed by atoms with Gasteiger partial charge in [-0.05, 0) is 44.0 Å². The number of carbonyl (C=O) groups excluding carboxylic acids is 1. The molecule has 0 spiro atoms.